The van der Waals surface area contributed by atoms with Gasteiger partial charge in [0.25, 0.3) is 0 Å². The number of hydrogen-bond donors (Lipinski definition) is 1. The second-order valence-corrected chi connectivity index (χ2v) is 12.5. The number of fused-ring (bicyclic) bond motifs is 2. The zero-order valence-electron chi connectivity index (χ0n) is 25.1. The summed E-state index contributed by atoms with van der Waals surface area (Å²) in [4.78, 5) is 19.3. The Morgan fingerprint density at radius 1 is 0.923 bits per heavy atom. The van der Waals surface area contributed by atoms with Gasteiger partial charge in [0, 0.05) is 11.1 Å². The van der Waals surface area contributed by atoms with E-state index in [1.807, 2.05) is 39.0 Å². The smallest absolute Gasteiger partial charge is 0.186 e. The third-order valence-electron chi connectivity index (χ3n) is 8.05. The van der Waals surface area contributed by atoms with Crippen LogP contribution >= 0.6 is 11.3 Å². The van der Waals surface area contributed by atoms with E-state index in [0.29, 0.717) is 25.7 Å². The predicted molar refractivity (Wildman–Crippen MR) is 170 cm³/mol. The molecule has 0 aromatic heterocycles. The van der Waals surface area contributed by atoms with Crippen LogP contribution in [0.4, 0.5) is 0 Å². The van der Waals surface area contributed by atoms with Gasteiger partial charge in [-0.05, 0) is 117 Å². The van der Waals surface area contributed by atoms with E-state index in [1.165, 1.54) is 16.7 Å². The molecule has 1 heterocycles. The van der Waals surface area contributed by atoms with Gasteiger partial charge >= 0.3 is 0 Å². The maximum atomic E-state index is 13.4. The third-order valence-corrected chi connectivity index (χ3v) is 9.26. The van der Waals surface area contributed by atoms with Gasteiger partial charge in [0.1, 0.15) is 0 Å². The first kappa shape index (κ1) is 31.0. The van der Waals surface area contributed by atoms with Gasteiger partial charge in [-0.2, -0.15) is 0 Å². The summed E-state index contributed by atoms with van der Waals surface area (Å²) in [5, 5.41) is 11.5. The Bertz CT molecular complexity index is 1390. The summed E-state index contributed by atoms with van der Waals surface area (Å²) in [5.41, 5.74) is 7.96. The van der Waals surface area contributed by atoms with Crippen molar-refractivity contribution in [1.82, 2.24) is 4.98 Å². The number of aliphatic hydroxyl groups is 1. The highest BCUT2D eigenvalue weighted by molar-refractivity contribution is 7.21. The topological polar surface area (TPSA) is 50.2 Å². The SMILES string of the molecule is CC[C@@](O)(CC/C=C(\C)CC/C=C(\C)CCC=C(C)C)CCc1c2sc3ccccc3nc-2c(C)c(C)c1=O. The molecule has 1 aromatic carbocycles. The Labute approximate surface area is 239 Å². The Morgan fingerprint density at radius 2 is 1.56 bits per heavy atom. The molecular weight excluding hydrogens is 498 g/mol. The van der Waals surface area contributed by atoms with Crippen molar-refractivity contribution in [3.05, 3.63) is 86.1 Å². The standard InChI is InChI=1S/C35H47NO2S/c1-8-35(38,22-13-18-26(5)17-12-16-25(4)15-11-14-24(2)3)23-21-29-33(37)28(7)27(6)32-34(29)39-31-20-10-9-19-30(31)36-32/h9-10,14,16,18-20,38H,8,11-13,15,17,21-23H2,1-7H3/b25-16+,26-18+/t35-/m1/s1. The molecule has 0 radical (unpaired) electrons. The lowest BCUT2D eigenvalue weighted by Gasteiger charge is -2.27. The minimum absolute atomic E-state index is 0.103. The van der Waals surface area contributed by atoms with E-state index in [-0.39, 0.29) is 5.43 Å². The summed E-state index contributed by atoms with van der Waals surface area (Å²) >= 11 is 1.65. The molecule has 0 bridgehead atoms. The quantitative estimate of drug-likeness (QED) is 0.172. The monoisotopic (exact) mass is 545 g/mol. The van der Waals surface area contributed by atoms with Crippen molar-refractivity contribution in [2.24, 2.45) is 0 Å². The molecule has 0 unspecified atom stereocenters. The van der Waals surface area contributed by atoms with Crippen molar-refractivity contribution in [3.8, 4) is 10.6 Å². The Balaban J connectivity index is 1.65. The maximum absolute atomic E-state index is 13.4. The summed E-state index contributed by atoms with van der Waals surface area (Å²) < 4.78 is 1.08. The Kier molecular flexibility index (Phi) is 11.3. The summed E-state index contributed by atoms with van der Waals surface area (Å²) in [5.74, 6) is 0. The van der Waals surface area contributed by atoms with Gasteiger partial charge in [-0.25, -0.2) is 4.98 Å². The molecular formula is C35H47NO2S. The highest BCUT2D eigenvalue weighted by Crippen LogP contribution is 2.37. The molecule has 1 N–H and O–H groups in total. The van der Waals surface area contributed by atoms with Crippen molar-refractivity contribution in [3.63, 3.8) is 0 Å². The van der Waals surface area contributed by atoms with Crippen LogP contribution in [0.3, 0.4) is 0 Å². The first-order chi connectivity index (χ1) is 18.5. The largest absolute Gasteiger partial charge is 0.390 e. The van der Waals surface area contributed by atoms with Crippen LogP contribution in [0.25, 0.3) is 20.8 Å². The summed E-state index contributed by atoms with van der Waals surface area (Å²) in [6.45, 7) is 14.7. The zero-order valence-corrected chi connectivity index (χ0v) is 25.9. The van der Waals surface area contributed by atoms with Crippen LogP contribution < -0.4 is 5.43 Å². The number of benzene rings is 2. The van der Waals surface area contributed by atoms with Crippen LogP contribution in [0.2, 0.25) is 0 Å². The molecule has 3 nitrogen and oxygen atoms in total. The molecule has 1 aliphatic carbocycles. The minimum Gasteiger partial charge on any atom is -0.390 e. The normalized spacial score (nSPS) is 14.2. The van der Waals surface area contributed by atoms with Crippen LogP contribution in [0.5, 0.6) is 0 Å². The fourth-order valence-corrected chi connectivity index (χ4v) is 6.29. The molecule has 0 fully saturated rings. The summed E-state index contributed by atoms with van der Waals surface area (Å²) in [6, 6.07) is 8.11. The maximum Gasteiger partial charge on any atom is 0.186 e. The average molecular weight is 546 g/mol. The Hall–Kier alpha value is -2.56. The number of hydrogen-bond acceptors (Lipinski definition) is 4. The summed E-state index contributed by atoms with van der Waals surface area (Å²) in [6.07, 6.45) is 14.7. The van der Waals surface area contributed by atoms with E-state index in [4.69, 9.17) is 4.98 Å². The fraction of sp³-hybridized carbons (Fsp3) is 0.486. The molecule has 4 heteroatoms. The van der Waals surface area contributed by atoms with Gasteiger partial charge < -0.3 is 5.11 Å². The number of rotatable bonds is 13. The molecule has 2 aliphatic rings. The van der Waals surface area contributed by atoms with Gasteiger partial charge in [-0.3, -0.25) is 4.79 Å². The zero-order chi connectivity index (χ0) is 28.6. The lowest BCUT2D eigenvalue weighted by Crippen LogP contribution is -2.29. The Morgan fingerprint density at radius 3 is 2.23 bits per heavy atom. The highest BCUT2D eigenvalue weighted by atomic mass is 32.1. The van der Waals surface area contributed by atoms with Gasteiger partial charge in [0.05, 0.1) is 26.4 Å². The molecule has 0 saturated carbocycles. The van der Waals surface area contributed by atoms with Crippen molar-refractivity contribution in [1.29, 1.82) is 0 Å². The number of allylic oxidation sites excluding steroid dienone is 6. The average Bonchev–Trinajstić information content (AvgIpc) is 2.90. The van der Waals surface area contributed by atoms with Crippen molar-refractivity contribution in [2.75, 3.05) is 0 Å². The third kappa shape index (κ3) is 8.46. The second kappa shape index (κ2) is 14.2. The van der Waals surface area contributed by atoms with Gasteiger partial charge in [0.2, 0.25) is 0 Å². The summed E-state index contributed by atoms with van der Waals surface area (Å²) in [7, 11) is 0. The van der Waals surface area contributed by atoms with E-state index < -0.39 is 5.60 Å². The lowest BCUT2D eigenvalue weighted by molar-refractivity contribution is 0.0201. The van der Waals surface area contributed by atoms with Gasteiger partial charge in [-0.1, -0.05) is 54.0 Å². The lowest BCUT2D eigenvalue weighted by atomic mass is 9.86. The van der Waals surface area contributed by atoms with E-state index in [0.717, 1.165) is 69.6 Å². The molecule has 1 atom stereocenters. The van der Waals surface area contributed by atoms with Crippen LogP contribution in [0.15, 0.2) is 64.0 Å². The van der Waals surface area contributed by atoms with Gasteiger partial charge in [-0.15, -0.1) is 11.3 Å². The predicted octanol–water partition coefficient (Wildman–Crippen LogP) is 9.65. The molecule has 0 amide bonds. The van der Waals surface area contributed by atoms with E-state index in [9.17, 15) is 9.90 Å². The van der Waals surface area contributed by atoms with E-state index >= 15 is 0 Å². The van der Waals surface area contributed by atoms with Crippen LogP contribution in [0, 0.1) is 13.8 Å². The van der Waals surface area contributed by atoms with Crippen molar-refractivity contribution in [2.45, 2.75) is 112 Å². The molecule has 39 heavy (non-hydrogen) atoms. The highest BCUT2D eigenvalue weighted by Gasteiger charge is 2.27. The van der Waals surface area contributed by atoms with Crippen molar-refractivity contribution < 1.29 is 5.11 Å². The molecule has 210 valence electrons. The molecule has 0 spiro atoms. The molecule has 1 aliphatic heterocycles. The van der Waals surface area contributed by atoms with Gasteiger partial charge in [0.15, 0.2) is 5.43 Å². The van der Waals surface area contributed by atoms with Crippen LogP contribution in [-0.4, -0.2) is 15.7 Å². The minimum atomic E-state index is -0.787. The fourth-order valence-electron chi connectivity index (χ4n) is 5.09. The van der Waals surface area contributed by atoms with Crippen LogP contribution in [-0.2, 0) is 6.42 Å². The van der Waals surface area contributed by atoms with Crippen LogP contribution in [0.1, 0.15) is 103 Å². The first-order valence-electron chi connectivity index (χ1n) is 14.5. The number of aromatic nitrogens is 1. The second-order valence-electron chi connectivity index (χ2n) is 11.5. The molecule has 1 aromatic rings. The van der Waals surface area contributed by atoms with Crippen molar-refractivity contribution >= 4 is 21.6 Å². The number of nitrogens with zero attached hydrogens (tertiary/aromatic N) is 1. The number of para-hydroxylation sites is 1. The van der Waals surface area contributed by atoms with E-state index in [1.54, 1.807) is 11.3 Å². The van der Waals surface area contributed by atoms with E-state index in [2.05, 4.69) is 52.0 Å². The first-order valence-corrected chi connectivity index (χ1v) is 15.3. The molecule has 3 rings (SSSR count). The molecule has 0 saturated heterocycles.